The molecule has 30 heavy (non-hydrogen) atoms. The Kier molecular flexibility index (Phi) is 3.88. The maximum Gasteiger partial charge on any atom is 0.335 e. The van der Waals surface area contributed by atoms with Crippen LogP contribution < -0.4 is 0 Å². The van der Waals surface area contributed by atoms with Crippen molar-refractivity contribution in [2.45, 2.75) is 43.6 Å². The Hall–Kier alpha value is -2.65. The monoisotopic (exact) mass is 398 g/mol. The Labute approximate surface area is 176 Å². The summed E-state index contributed by atoms with van der Waals surface area (Å²) in [6.45, 7) is 0. The number of rotatable bonds is 3. The van der Waals surface area contributed by atoms with Gasteiger partial charge < -0.3 is 10.2 Å². The van der Waals surface area contributed by atoms with E-state index in [0.29, 0.717) is 17.4 Å². The lowest BCUT2D eigenvalue weighted by atomic mass is 9.46. The summed E-state index contributed by atoms with van der Waals surface area (Å²) in [6, 6.07) is 20.5. The minimum absolute atomic E-state index is 0.106. The Balaban J connectivity index is 1.45. The van der Waals surface area contributed by atoms with Crippen LogP contribution in [0.15, 0.2) is 60.7 Å². The average Bonchev–Trinajstić information content (AvgIpc) is 2.76. The molecule has 2 unspecified atom stereocenters. The van der Waals surface area contributed by atoms with E-state index in [2.05, 4.69) is 36.4 Å². The maximum atomic E-state index is 11.3. The summed E-state index contributed by atoms with van der Waals surface area (Å²) in [5.74, 6) is 0.769. The second-order valence-electron chi connectivity index (χ2n) is 9.87. The lowest BCUT2D eigenvalue weighted by molar-refractivity contribution is -0.105. The number of hydrogen-bond donors (Lipinski definition) is 2. The summed E-state index contributed by atoms with van der Waals surface area (Å²) in [5.41, 5.74) is 4.44. The first kappa shape index (κ1) is 18.1. The van der Waals surface area contributed by atoms with Crippen LogP contribution in [0.4, 0.5) is 0 Å². The van der Waals surface area contributed by atoms with Gasteiger partial charge >= 0.3 is 5.97 Å². The predicted molar refractivity (Wildman–Crippen MR) is 118 cm³/mol. The van der Waals surface area contributed by atoms with Crippen LogP contribution in [0.2, 0.25) is 0 Å². The van der Waals surface area contributed by atoms with Crippen molar-refractivity contribution in [2.24, 2.45) is 17.8 Å². The number of aliphatic hydroxyl groups is 1. The summed E-state index contributed by atoms with van der Waals surface area (Å²) in [4.78, 5) is 11.3. The molecule has 4 saturated carbocycles. The summed E-state index contributed by atoms with van der Waals surface area (Å²) in [7, 11) is 0. The van der Waals surface area contributed by atoms with Crippen LogP contribution in [0.5, 0.6) is 0 Å². The molecule has 3 aromatic rings. The van der Waals surface area contributed by atoms with E-state index in [1.54, 1.807) is 12.1 Å². The molecule has 3 aromatic carbocycles. The van der Waals surface area contributed by atoms with E-state index in [9.17, 15) is 15.0 Å². The molecule has 152 valence electrons. The summed E-state index contributed by atoms with van der Waals surface area (Å²) in [6.07, 6.45) is 5.75. The topological polar surface area (TPSA) is 57.5 Å². The third-order valence-electron chi connectivity index (χ3n) is 8.12. The molecule has 0 amide bonds. The number of benzene rings is 3. The van der Waals surface area contributed by atoms with Gasteiger partial charge in [-0.1, -0.05) is 42.5 Å². The predicted octanol–water partition coefficient (Wildman–Crippen LogP) is 5.64. The molecule has 3 nitrogen and oxygen atoms in total. The molecule has 0 aromatic heterocycles. The standard InChI is InChI=1S/C27H26O3/c28-25-21-9-16-10-22(25)15-27(13-16,14-21)24-4-2-1-3-23(24)19-7-5-18-12-20(26(29)30)8-6-17(18)11-19/h1-8,11-12,16,21-22,25,28H,9-10,13-15H2,(H,29,30). The number of carboxylic acids is 1. The van der Waals surface area contributed by atoms with Gasteiger partial charge in [0.2, 0.25) is 0 Å². The van der Waals surface area contributed by atoms with Gasteiger partial charge in [-0.25, -0.2) is 4.79 Å². The highest BCUT2D eigenvalue weighted by Gasteiger charge is 2.55. The van der Waals surface area contributed by atoms with Gasteiger partial charge in [0.25, 0.3) is 0 Å². The third kappa shape index (κ3) is 2.65. The largest absolute Gasteiger partial charge is 0.478 e. The zero-order valence-electron chi connectivity index (χ0n) is 16.9. The summed E-state index contributed by atoms with van der Waals surface area (Å²) < 4.78 is 0. The number of hydrogen-bond acceptors (Lipinski definition) is 2. The SMILES string of the molecule is O=C(O)c1ccc2cc(-c3ccccc3C34CC5CC(C3)C(O)C(C5)C4)ccc2c1. The van der Waals surface area contributed by atoms with E-state index >= 15 is 0 Å². The van der Waals surface area contributed by atoms with Crippen molar-refractivity contribution >= 4 is 16.7 Å². The van der Waals surface area contributed by atoms with Crippen LogP contribution in [0, 0.1) is 17.8 Å². The molecule has 7 rings (SSSR count). The van der Waals surface area contributed by atoms with Gasteiger partial charge in [-0.3, -0.25) is 0 Å². The Morgan fingerprint density at radius 1 is 0.867 bits per heavy atom. The van der Waals surface area contributed by atoms with Crippen molar-refractivity contribution in [3.63, 3.8) is 0 Å². The lowest BCUT2D eigenvalue weighted by Crippen LogP contribution is -2.55. The quantitative estimate of drug-likeness (QED) is 0.600. The zero-order valence-corrected chi connectivity index (χ0v) is 16.9. The van der Waals surface area contributed by atoms with E-state index in [1.165, 1.54) is 36.0 Å². The molecule has 0 heterocycles. The molecule has 4 bridgehead atoms. The van der Waals surface area contributed by atoms with E-state index < -0.39 is 5.97 Å². The number of carbonyl (C=O) groups is 1. The highest BCUT2D eigenvalue weighted by molar-refractivity contribution is 5.95. The van der Waals surface area contributed by atoms with E-state index in [4.69, 9.17) is 0 Å². The van der Waals surface area contributed by atoms with Crippen molar-refractivity contribution in [3.05, 3.63) is 71.8 Å². The Morgan fingerprint density at radius 3 is 2.33 bits per heavy atom. The van der Waals surface area contributed by atoms with Crippen LogP contribution in [-0.2, 0) is 5.41 Å². The molecule has 0 saturated heterocycles. The number of aliphatic hydroxyl groups excluding tert-OH is 1. The molecule has 3 heteroatoms. The van der Waals surface area contributed by atoms with Crippen molar-refractivity contribution in [1.29, 1.82) is 0 Å². The second kappa shape index (κ2) is 6.42. The zero-order chi connectivity index (χ0) is 20.5. The van der Waals surface area contributed by atoms with Crippen LogP contribution in [0.3, 0.4) is 0 Å². The molecule has 4 fully saturated rings. The van der Waals surface area contributed by atoms with Gasteiger partial charge in [-0.05, 0) is 101 Å². The number of carboxylic acid groups (broad SMARTS) is 1. The first-order valence-corrected chi connectivity index (χ1v) is 11.1. The fraction of sp³-hybridized carbons (Fsp3) is 0.370. The highest BCUT2D eigenvalue weighted by Crippen LogP contribution is 2.61. The summed E-state index contributed by atoms with van der Waals surface area (Å²) >= 11 is 0. The minimum atomic E-state index is -0.893. The molecule has 0 radical (unpaired) electrons. The lowest BCUT2D eigenvalue weighted by Gasteiger charge is -2.59. The van der Waals surface area contributed by atoms with E-state index in [0.717, 1.165) is 29.5 Å². The van der Waals surface area contributed by atoms with Gasteiger partial charge in [0.15, 0.2) is 0 Å². The minimum Gasteiger partial charge on any atom is -0.478 e. The molecule has 2 N–H and O–H groups in total. The first-order chi connectivity index (χ1) is 14.5. The normalized spacial score (nSPS) is 31.9. The molecule has 0 spiro atoms. The fourth-order valence-electron chi connectivity index (χ4n) is 7.07. The van der Waals surface area contributed by atoms with Crippen LogP contribution in [0.1, 0.15) is 48.0 Å². The number of aromatic carboxylic acids is 1. The smallest absolute Gasteiger partial charge is 0.335 e. The van der Waals surface area contributed by atoms with Gasteiger partial charge in [-0.2, -0.15) is 0 Å². The Morgan fingerprint density at radius 2 is 1.57 bits per heavy atom. The van der Waals surface area contributed by atoms with Crippen molar-refractivity contribution in [2.75, 3.05) is 0 Å². The highest BCUT2D eigenvalue weighted by atomic mass is 16.4. The van der Waals surface area contributed by atoms with Crippen molar-refractivity contribution in [1.82, 2.24) is 0 Å². The Bertz CT molecular complexity index is 1150. The first-order valence-electron chi connectivity index (χ1n) is 11.1. The van der Waals surface area contributed by atoms with Gasteiger partial charge in [0, 0.05) is 0 Å². The summed E-state index contributed by atoms with van der Waals surface area (Å²) in [5, 5.41) is 22.0. The van der Waals surface area contributed by atoms with Crippen LogP contribution >= 0.6 is 0 Å². The van der Waals surface area contributed by atoms with Gasteiger partial charge in [0.1, 0.15) is 0 Å². The van der Waals surface area contributed by atoms with Crippen molar-refractivity contribution in [3.8, 4) is 11.1 Å². The maximum absolute atomic E-state index is 11.3. The second-order valence-corrected chi connectivity index (χ2v) is 9.87. The number of fused-ring (bicyclic) bond motifs is 1. The van der Waals surface area contributed by atoms with Crippen molar-refractivity contribution < 1.29 is 15.0 Å². The van der Waals surface area contributed by atoms with Crippen LogP contribution in [0.25, 0.3) is 21.9 Å². The molecule has 4 aliphatic carbocycles. The fourth-order valence-corrected chi connectivity index (χ4v) is 7.07. The van der Waals surface area contributed by atoms with Gasteiger partial charge in [0.05, 0.1) is 11.7 Å². The van der Waals surface area contributed by atoms with Gasteiger partial charge in [-0.15, -0.1) is 0 Å². The van der Waals surface area contributed by atoms with E-state index in [-0.39, 0.29) is 11.5 Å². The molecular formula is C27H26O3. The molecule has 4 aliphatic rings. The molecule has 2 atom stereocenters. The van der Waals surface area contributed by atoms with E-state index in [1.807, 2.05) is 12.1 Å². The molecular weight excluding hydrogens is 372 g/mol. The molecule has 0 aliphatic heterocycles. The third-order valence-corrected chi connectivity index (χ3v) is 8.12. The van der Waals surface area contributed by atoms with Crippen LogP contribution in [-0.4, -0.2) is 22.3 Å². The average molecular weight is 399 g/mol.